The third-order valence-corrected chi connectivity index (χ3v) is 2.47. The molecule has 14 heavy (non-hydrogen) atoms. The summed E-state index contributed by atoms with van der Waals surface area (Å²) in [5.74, 6) is 0.779. The van der Waals surface area contributed by atoms with Crippen molar-refractivity contribution in [1.82, 2.24) is 10.2 Å². The predicted octanol–water partition coefficient (Wildman–Crippen LogP) is 0.772. The number of carbonyl (C=O) groups excluding carboxylic acids is 1. The van der Waals surface area contributed by atoms with Gasteiger partial charge in [-0.05, 0) is 25.1 Å². The van der Waals surface area contributed by atoms with E-state index in [1.54, 1.807) is 17.2 Å². The average Bonchev–Trinajstić information content (AvgIpc) is 2.64. The van der Waals surface area contributed by atoms with Crippen LogP contribution in [0.5, 0.6) is 0 Å². The molecule has 1 aromatic heterocycles. The first-order chi connectivity index (χ1) is 6.79. The summed E-state index contributed by atoms with van der Waals surface area (Å²) in [5, 5.41) is 3.18. The molecule has 76 valence electrons. The number of furan rings is 1. The molecule has 1 N–H and O–H groups in total. The number of amides is 1. The van der Waals surface area contributed by atoms with Crippen LogP contribution in [-0.2, 0) is 4.79 Å². The highest BCUT2D eigenvalue weighted by molar-refractivity contribution is 5.82. The molecule has 1 fully saturated rings. The van der Waals surface area contributed by atoms with E-state index < -0.39 is 0 Å². The van der Waals surface area contributed by atoms with Gasteiger partial charge in [0.15, 0.2) is 0 Å². The molecule has 2 rings (SSSR count). The fourth-order valence-electron chi connectivity index (χ4n) is 1.66. The van der Waals surface area contributed by atoms with Crippen LogP contribution in [0.3, 0.4) is 0 Å². The standard InChI is InChI=1S/C10H14N2O2/c1-12-6-3-5-11-9(10(12)13)8-4-2-7-14-8/h2,4,7,9,11H,3,5-6H2,1H3. The van der Waals surface area contributed by atoms with E-state index in [-0.39, 0.29) is 11.9 Å². The maximum Gasteiger partial charge on any atom is 0.247 e. The Kier molecular flexibility index (Phi) is 2.54. The smallest absolute Gasteiger partial charge is 0.247 e. The minimum absolute atomic E-state index is 0.0810. The molecular formula is C10H14N2O2. The summed E-state index contributed by atoms with van der Waals surface area (Å²) in [6.07, 6.45) is 2.58. The number of nitrogens with one attached hydrogen (secondary N) is 1. The summed E-state index contributed by atoms with van der Waals surface area (Å²) in [5.41, 5.74) is 0. The number of likely N-dealkylation sites (N-methyl/N-ethyl adjacent to an activating group) is 1. The Bertz CT molecular complexity index is 308. The van der Waals surface area contributed by atoms with Crippen molar-refractivity contribution in [1.29, 1.82) is 0 Å². The zero-order valence-electron chi connectivity index (χ0n) is 8.19. The van der Waals surface area contributed by atoms with Crippen molar-refractivity contribution in [3.05, 3.63) is 24.2 Å². The maximum atomic E-state index is 11.8. The van der Waals surface area contributed by atoms with Crippen molar-refractivity contribution in [3.8, 4) is 0 Å². The predicted molar refractivity (Wildman–Crippen MR) is 51.7 cm³/mol. The molecule has 1 atom stereocenters. The van der Waals surface area contributed by atoms with E-state index in [1.807, 2.05) is 13.1 Å². The lowest BCUT2D eigenvalue weighted by atomic mass is 10.2. The van der Waals surface area contributed by atoms with Crippen LogP contribution in [0.25, 0.3) is 0 Å². The van der Waals surface area contributed by atoms with Gasteiger partial charge in [0, 0.05) is 13.6 Å². The third kappa shape index (κ3) is 1.65. The van der Waals surface area contributed by atoms with E-state index in [2.05, 4.69) is 5.32 Å². The van der Waals surface area contributed by atoms with Gasteiger partial charge >= 0.3 is 0 Å². The van der Waals surface area contributed by atoms with Gasteiger partial charge in [-0.15, -0.1) is 0 Å². The lowest BCUT2D eigenvalue weighted by Crippen LogP contribution is -2.34. The fourth-order valence-corrected chi connectivity index (χ4v) is 1.66. The Hall–Kier alpha value is -1.29. The molecular weight excluding hydrogens is 180 g/mol. The second kappa shape index (κ2) is 3.84. The summed E-state index contributed by atoms with van der Waals surface area (Å²) in [7, 11) is 1.82. The van der Waals surface area contributed by atoms with Crippen LogP contribution in [0.1, 0.15) is 18.2 Å². The van der Waals surface area contributed by atoms with E-state index in [4.69, 9.17) is 4.42 Å². The van der Waals surface area contributed by atoms with Gasteiger partial charge in [-0.25, -0.2) is 0 Å². The zero-order valence-corrected chi connectivity index (χ0v) is 8.19. The molecule has 1 aliphatic heterocycles. The van der Waals surface area contributed by atoms with Gasteiger partial charge in [0.1, 0.15) is 11.8 Å². The normalized spacial score (nSPS) is 23.6. The Morgan fingerprint density at radius 3 is 3.21 bits per heavy atom. The molecule has 0 radical (unpaired) electrons. The number of rotatable bonds is 1. The van der Waals surface area contributed by atoms with E-state index in [0.29, 0.717) is 5.76 Å². The largest absolute Gasteiger partial charge is 0.467 e. The van der Waals surface area contributed by atoms with Gasteiger partial charge in [0.25, 0.3) is 0 Å². The van der Waals surface area contributed by atoms with E-state index in [0.717, 1.165) is 19.5 Å². The van der Waals surface area contributed by atoms with Gasteiger partial charge in [0.05, 0.1) is 6.26 Å². The summed E-state index contributed by atoms with van der Waals surface area (Å²) in [6.45, 7) is 1.66. The first kappa shape index (κ1) is 9.27. The molecule has 1 unspecified atom stereocenters. The summed E-state index contributed by atoms with van der Waals surface area (Å²) in [4.78, 5) is 13.6. The molecule has 4 heteroatoms. The van der Waals surface area contributed by atoms with Crippen LogP contribution >= 0.6 is 0 Å². The molecule has 0 aromatic carbocycles. The first-order valence-corrected chi connectivity index (χ1v) is 4.81. The summed E-state index contributed by atoms with van der Waals surface area (Å²) >= 11 is 0. The third-order valence-electron chi connectivity index (χ3n) is 2.47. The van der Waals surface area contributed by atoms with E-state index >= 15 is 0 Å². The van der Waals surface area contributed by atoms with Crippen molar-refractivity contribution in [2.24, 2.45) is 0 Å². The zero-order chi connectivity index (χ0) is 9.97. The van der Waals surface area contributed by atoms with Crippen LogP contribution in [0.15, 0.2) is 22.8 Å². The second-order valence-corrected chi connectivity index (χ2v) is 3.52. The maximum absolute atomic E-state index is 11.8. The number of nitrogens with zero attached hydrogens (tertiary/aromatic N) is 1. The Balaban J connectivity index is 2.20. The Labute approximate surface area is 82.9 Å². The highest BCUT2D eigenvalue weighted by Crippen LogP contribution is 2.17. The summed E-state index contributed by atoms with van der Waals surface area (Å²) in [6, 6.07) is 3.32. The van der Waals surface area contributed by atoms with Crippen LogP contribution < -0.4 is 5.32 Å². The van der Waals surface area contributed by atoms with Crippen LogP contribution in [0.2, 0.25) is 0 Å². The van der Waals surface area contributed by atoms with Gasteiger partial charge in [-0.1, -0.05) is 0 Å². The molecule has 1 aliphatic rings. The second-order valence-electron chi connectivity index (χ2n) is 3.52. The minimum atomic E-state index is -0.308. The van der Waals surface area contributed by atoms with Gasteiger partial charge in [-0.2, -0.15) is 0 Å². The Morgan fingerprint density at radius 1 is 1.64 bits per heavy atom. The van der Waals surface area contributed by atoms with E-state index in [1.165, 1.54) is 0 Å². The molecule has 0 spiro atoms. The molecule has 1 amide bonds. The average molecular weight is 194 g/mol. The highest BCUT2D eigenvalue weighted by Gasteiger charge is 2.27. The molecule has 0 bridgehead atoms. The monoisotopic (exact) mass is 194 g/mol. The SMILES string of the molecule is CN1CCCNC(c2ccco2)C1=O. The number of hydrogen-bond donors (Lipinski definition) is 1. The number of carbonyl (C=O) groups is 1. The lowest BCUT2D eigenvalue weighted by molar-refractivity contribution is -0.131. The van der Waals surface area contributed by atoms with Crippen LogP contribution in [0, 0.1) is 0 Å². The summed E-state index contributed by atoms with van der Waals surface area (Å²) < 4.78 is 5.24. The molecule has 0 saturated carbocycles. The number of hydrogen-bond acceptors (Lipinski definition) is 3. The van der Waals surface area contributed by atoms with Crippen molar-refractivity contribution in [2.45, 2.75) is 12.5 Å². The van der Waals surface area contributed by atoms with Crippen molar-refractivity contribution < 1.29 is 9.21 Å². The van der Waals surface area contributed by atoms with Crippen molar-refractivity contribution >= 4 is 5.91 Å². The highest BCUT2D eigenvalue weighted by atomic mass is 16.3. The lowest BCUT2D eigenvalue weighted by Gasteiger charge is -2.18. The molecule has 1 saturated heterocycles. The van der Waals surface area contributed by atoms with Crippen LogP contribution in [-0.4, -0.2) is 30.9 Å². The topological polar surface area (TPSA) is 45.5 Å². The Morgan fingerprint density at radius 2 is 2.50 bits per heavy atom. The van der Waals surface area contributed by atoms with Gasteiger partial charge in [-0.3, -0.25) is 10.1 Å². The van der Waals surface area contributed by atoms with Crippen molar-refractivity contribution in [2.75, 3.05) is 20.1 Å². The molecule has 0 aliphatic carbocycles. The quantitative estimate of drug-likeness (QED) is 0.718. The van der Waals surface area contributed by atoms with Crippen molar-refractivity contribution in [3.63, 3.8) is 0 Å². The molecule has 1 aromatic rings. The molecule has 4 nitrogen and oxygen atoms in total. The fraction of sp³-hybridized carbons (Fsp3) is 0.500. The van der Waals surface area contributed by atoms with Crippen LogP contribution in [0.4, 0.5) is 0 Å². The first-order valence-electron chi connectivity index (χ1n) is 4.81. The van der Waals surface area contributed by atoms with E-state index in [9.17, 15) is 4.79 Å². The van der Waals surface area contributed by atoms with Gasteiger partial charge < -0.3 is 9.32 Å². The molecule has 2 heterocycles. The van der Waals surface area contributed by atoms with Gasteiger partial charge in [0.2, 0.25) is 5.91 Å². The minimum Gasteiger partial charge on any atom is -0.467 e.